The summed E-state index contributed by atoms with van der Waals surface area (Å²) in [4.78, 5) is 11.6. The zero-order valence-corrected chi connectivity index (χ0v) is 16.3. The van der Waals surface area contributed by atoms with Crippen molar-refractivity contribution in [1.82, 2.24) is 34.7 Å². The van der Waals surface area contributed by atoms with Gasteiger partial charge in [-0.05, 0) is 32.6 Å². The second-order valence-electron chi connectivity index (χ2n) is 7.90. The number of hydrogen-bond donors (Lipinski definition) is 3. The van der Waals surface area contributed by atoms with Gasteiger partial charge in [0.2, 0.25) is 5.95 Å². The number of nitrogens with one attached hydrogen (secondary N) is 3. The molecule has 3 aromatic rings. The monoisotopic (exact) mass is 392 g/mol. The Kier molecular flexibility index (Phi) is 4.52. The van der Waals surface area contributed by atoms with Gasteiger partial charge in [0.15, 0.2) is 11.5 Å². The number of rotatable bonds is 6. The molecule has 0 amide bonds. The van der Waals surface area contributed by atoms with E-state index in [2.05, 4.69) is 41.9 Å². The van der Waals surface area contributed by atoms with Gasteiger partial charge < -0.3 is 10.6 Å². The molecule has 10 heteroatoms. The minimum absolute atomic E-state index is 0.327. The maximum Gasteiger partial charge on any atom is 0.228 e. The van der Waals surface area contributed by atoms with Crippen LogP contribution in [0.5, 0.6) is 0 Å². The number of nitriles is 1. The van der Waals surface area contributed by atoms with Crippen molar-refractivity contribution in [3.8, 4) is 6.07 Å². The van der Waals surface area contributed by atoms with Gasteiger partial charge in [-0.3, -0.25) is 10.00 Å². The normalized spacial score (nSPS) is 23.9. The molecule has 0 aromatic carbocycles. The second kappa shape index (κ2) is 7.33. The van der Waals surface area contributed by atoms with Crippen LogP contribution < -0.4 is 10.6 Å². The van der Waals surface area contributed by atoms with Gasteiger partial charge in [0.05, 0.1) is 6.07 Å². The predicted octanol–water partition coefficient (Wildman–Crippen LogP) is 2.22. The second-order valence-corrected chi connectivity index (χ2v) is 7.90. The smallest absolute Gasteiger partial charge is 0.228 e. The van der Waals surface area contributed by atoms with Crippen molar-refractivity contribution in [3.05, 3.63) is 24.2 Å². The maximum absolute atomic E-state index is 8.92. The van der Waals surface area contributed by atoms with Crippen molar-refractivity contribution >= 4 is 23.2 Å². The summed E-state index contributed by atoms with van der Waals surface area (Å²) in [6.07, 6.45) is 6.67. The van der Waals surface area contributed by atoms with Crippen LogP contribution in [0.25, 0.3) is 5.65 Å². The number of aryl methyl sites for hydroxylation is 1. The number of anilines is 3. The Hall–Kier alpha value is -3.19. The first-order chi connectivity index (χ1) is 14.2. The van der Waals surface area contributed by atoms with E-state index >= 15 is 0 Å². The van der Waals surface area contributed by atoms with Gasteiger partial charge >= 0.3 is 0 Å². The van der Waals surface area contributed by atoms with Gasteiger partial charge in [0.25, 0.3) is 0 Å². The number of nitrogens with zero attached hydrogens (tertiary/aromatic N) is 7. The fraction of sp³-hybridized carbons (Fsp3) is 0.526. The van der Waals surface area contributed by atoms with Crippen molar-refractivity contribution < 1.29 is 0 Å². The molecule has 29 heavy (non-hydrogen) atoms. The molecule has 0 aliphatic carbocycles. The third-order valence-electron chi connectivity index (χ3n) is 5.93. The molecule has 5 heterocycles. The highest BCUT2D eigenvalue weighted by atomic mass is 15.4. The Bertz CT molecular complexity index is 1030. The Morgan fingerprint density at radius 1 is 1.24 bits per heavy atom. The van der Waals surface area contributed by atoms with Gasteiger partial charge in [-0.1, -0.05) is 0 Å². The number of aromatic amines is 1. The van der Waals surface area contributed by atoms with Crippen LogP contribution in [0, 0.1) is 18.3 Å². The molecule has 3 aromatic heterocycles. The molecular formula is C19H24N10. The molecule has 10 nitrogen and oxygen atoms in total. The summed E-state index contributed by atoms with van der Waals surface area (Å²) in [6, 6.07) is 7.47. The summed E-state index contributed by atoms with van der Waals surface area (Å²) in [5.74, 6) is 2.08. The van der Waals surface area contributed by atoms with Crippen LogP contribution in [-0.2, 0) is 0 Å². The molecule has 3 N–H and O–H groups in total. The standard InChI is InChI=1S/C19H24N10/c1-12-7-17(27-26-12)24-16-10-18-21-11-22-29(18)19(25-16)23-13-8-14-3-4-15(9-13)28(14)6-2-5-20/h7,10-11,13-15H,2-4,6,8-9H2,1H3,(H,23,25)(H2,24,26,27)/t13?,14-,15+. The van der Waals surface area contributed by atoms with E-state index in [1.54, 1.807) is 10.8 Å². The molecule has 2 aliphatic rings. The van der Waals surface area contributed by atoms with Crippen LogP contribution >= 0.6 is 0 Å². The van der Waals surface area contributed by atoms with Crippen molar-refractivity contribution in [1.29, 1.82) is 5.26 Å². The summed E-state index contributed by atoms with van der Waals surface area (Å²) < 4.78 is 1.74. The molecule has 1 unspecified atom stereocenters. The van der Waals surface area contributed by atoms with Crippen molar-refractivity contribution in [3.63, 3.8) is 0 Å². The van der Waals surface area contributed by atoms with Gasteiger partial charge in [0.1, 0.15) is 12.1 Å². The zero-order chi connectivity index (χ0) is 19.8. The summed E-state index contributed by atoms with van der Waals surface area (Å²) in [6.45, 7) is 2.84. The van der Waals surface area contributed by atoms with E-state index in [1.807, 2.05) is 19.1 Å². The molecule has 3 atom stereocenters. The van der Waals surface area contributed by atoms with E-state index < -0.39 is 0 Å². The minimum atomic E-state index is 0.327. The lowest BCUT2D eigenvalue weighted by Crippen LogP contribution is -2.47. The van der Waals surface area contributed by atoms with Crippen LogP contribution in [0.1, 0.15) is 37.8 Å². The number of H-pyrrole nitrogens is 1. The Morgan fingerprint density at radius 2 is 2.07 bits per heavy atom. The van der Waals surface area contributed by atoms with E-state index in [0.717, 1.165) is 30.7 Å². The van der Waals surface area contributed by atoms with Crippen molar-refractivity contribution in [2.45, 2.75) is 57.2 Å². The lowest BCUT2D eigenvalue weighted by molar-refractivity contribution is 0.135. The highest BCUT2D eigenvalue weighted by Crippen LogP contribution is 2.36. The summed E-state index contributed by atoms with van der Waals surface area (Å²) in [5.41, 5.74) is 1.71. The SMILES string of the molecule is Cc1cc(Nc2cc3ncnn3c(NC3C[C@H]4CC[C@@H](C3)N4CCC#N)n2)n[nH]1. The number of aromatic nitrogens is 6. The third kappa shape index (κ3) is 3.49. The Morgan fingerprint density at radius 3 is 2.79 bits per heavy atom. The highest BCUT2D eigenvalue weighted by Gasteiger charge is 2.40. The Balaban J connectivity index is 1.35. The molecule has 2 fully saturated rings. The van der Waals surface area contributed by atoms with Gasteiger partial charge in [-0.15, -0.1) is 0 Å². The van der Waals surface area contributed by atoms with Crippen LogP contribution in [0.2, 0.25) is 0 Å². The van der Waals surface area contributed by atoms with E-state index in [1.165, 1.54) is 12.8 Å². The molecule has 0 spiro atoms. The predicted molar refractivity (Wildman–Crippen MR) is 108 cm³/mol. The maximum atomic E-state index is 8.92. The number of piperidine rings is 1. The molecule has 0 saturated carbocycles. The van der Waals surface area contributed by atoms with Crippen LogP contribution in [0.15, 0.2) is 18.5 Å². The van der Waals surface area contributed by atoms with E-state index in [0.29, 0.717) is 42.1 Å². The highest BCUT2D eigenvalue weighted by molar-refractivity contribution is 5.60. The lowest BCUT2D eigenvalue weighted by Gasteiger charge is -2.38. The van der Waals surface area contributed by atoms with E-state index in [9.17, 15) is 0 Å². The molecule has 150 valence electrons. The first kappa shape index (κ1) is 17.9. The third-order valence-corrected chi connectivity index (χ3v) is 5.93. The summed E-state index contributed by atoms with van der Waals surface area (Å²) >= 11 is 0. The lowest BCUT2D eigenvalue weighted by atomic mass is 9.97. The van der Waals surface area contributed by atoms with Crippen molar-refractivity contribution in [2.75, 3.05) is 17.2 Å². The minimum Gasteiger partial charge on any atom is -0.351 e. The average molecular weight is 392 g/mol. The average Bonchev–Trinajstić information content (AvgIpc) is 3.39. The van der Waals surface area contributed by atoms with E-state index in [4.69, 9.17) is 10.2 Å². The quantitative estimate of drug-likeness (QED) is 0.583. The zero-order valence-electron chi connectivity index (χ0n) is 16.3. The van der Waals surface area contributed by atoms with Gasteiger partial charge in [-0.25, -0.2) is 4.98 Å². The first-order valence-corrected chi connectivity index (χ1v) is 10.1. The number of fused-ring (bicyclic) bond motifs is 3. The topological polar surface area (TPSA) is 123 Å². The molecule has 0 radical (unpaired) electrons. The molecular weight excluding hydrogens is 368 g/mol. The van der Waals surface area contributed by atoms with Crippen LogP contribution in [-0.4, -0.2) is 59.3 Å². The molecule has 5 rings (SSSR count). The Labute approximate surface area is 168 Å². The largest absolute Gasteiger partial charge is 0.351 e. The molecule has 2 bridgehead atoms. The van der Waals surface area contributed by atoms with Crippen molar-refractivity contribution in [2.24, 2.45) is 0 Å². The van der Waals surface area contributed by atoms with Gasteiger partial charge in [0, 0.05) is 48.9 Å². The summed E-state index contributed by atoms with van der Waals surface area (Å²) in [5, 5.41) is 27.2. The van der Waals surface area contributed by atoms with Gasteiger partial charge in [-0.2, -0.15) is 25.0 Å². The van der Waals surface area contributed by atoms with Crippen LogP contribution in [0.4, 0.5) is 17.6 Å². The molecule has 2 saturated heterocycles. The summed E-state index contributed by atoms with van der Waals surface area (Å²) in [7, 11) is 0. The van der Waals surface area contributed by atoms with Crippen LogP contribution in [0.3, 0.4) is 0 Å². The van der Waals surface area contributed by atoms with E-state index in [-0.39, 0.29) is 0 Å². The first-order valence-electron chi connectivity index (χ1n) is 10.1. The molecule has 2 aliphatic heterocycles. The number of hydrogen-bond acceptors (Lipinski definition) is 8. The fourth-order valence-electron chi connectivity index (χ4n) is 4.72. The fourth-order valence-corrected chi connectivity index (χ4v) is 4.72.